The van der Waals surface area contributed by atoms with Gasteiger partial charge in [-0.15, -0.1) is 0 Å². The van der Waals surface area contributed by atoms with Crippen molar-refractivity contribution in [3.63, 3.8) is 0 Å². The Bertz CT molecular complexity index is 1140. The lowest BCUT2D eigenvalue weighted by Gasteiger charge is -2.18. The Hall–Kier alpha value is -1.19. The van der Waals surface area contributed by atoms with Crippen LogP contribution in [0.1, 0.15) is 181 Å². The van der Waals surface area contributed by atoms with Crippen LogP contribution in [0.4, 0.5) is 0 Å². The summed E-state index contributed by atoms with van der Waals surface area (Å²) in [5.41, 5.74) is 0. The van der Waals surface area contributed by atoms with Crippen LogP contribution >= 0.6 is 46.4 Å². The van der Waals surface area contributed by atoms with Gasteiger partial charge < -0.3 is 14.6 Å². The number of aromatic nitrogens is 5. The maximum absolute atomic E-state index is 9.70. The van der Waals surface area contributed by atoms with Crippen molar-refractivity contribution in [2.24, 2.45) is 17.8 Å². The number of rotatable bonds is 35. The van der Waals surface area contributed by atoms with Crippen LogP contribution < -0.4 is 9.47 Å². The topological polar surface area (TPSA) is 103 Å². The molecule has 2 aromatic rings. The molecular weight excluding hydrogens is 752 g/mol. The van der Waals surface area contributed by atoms with Gasteiger partial charge in [-0.1, -0.05) is 185 Å². The van der Waals surface area contributed by atoms with Crippen LogP contribution in [0.2, 0.25) is 20.9 Å². The Morgan fingerprint density at radius 1 is 0.453 bits per heavy atom. The molecule has 0 fully saturated rings. The van der Waals surface area contributed by atoms with Gasteiger partial charge in [-0.05, 0) is 60.2 Å². The van der Waals surface area contributed by atoms with Gasteiger partial charge >= 0.3 is 12.0 Å². The van der Waals surface area contributed by atoms with Crippen molar-refractivity contribution in [3.05, 3.63) is 26.9 Å². The molecule has 0 aliphatic rings. The molecule has 0 saturated heterocycles. The smallest absolute Gasteiger partial charge is 0.322 e. The molecular formula is C41H69Cl4N5O3. The van der Waals surface area contributed by atoms with Crippen molar-refractivity contribution in [1.82, 2.24) is 24.9 Å². The van der Waals surface area contributed by atoms with E-state index in [0.717, 1.165) is 19.3 Å². The number of aliphatic hydroxyl groups excluding tert-OH is 1. The van der Waals surface area contributed by atoms with Gasteiger partial charge in [-0.25, -0.2) is 0 Å². The molecule has 12 heteroatoms. The molecule has 3 unspecified atom stereocenters. The van der Waals surface area contributed by atoms with Gasteiger partial charge in [0.15, 0.2) is 0 Å². The van der Waals surface area contributed by atoms with Gasteiger partial charge in [0.1, 0.15) is 10.3 Å². The van der Waals surface area contributed by atoms with E-state index in [1.807, 2.05) is 0 Å². The highest BCUT2D eigenvalue weighted by molar-refractivity contribution is 6.33. The van der Waals surface area contributed by atoms with E-state index in [-0.39, 0.29) is 22.6 Å². The predicted octanol–water partition coefficient (Wildman–Crippen LogP) is 13.8. The normalized spacial score (nSPS) is 13.3. The maximum atomic E-state index is 9.70. The van der Waals surface area contributed by atoms with Crippen LogP contribution in [0.15, 0.2) is 6.07 Å². The summed E-state index contributed by atoms with van der Waals surface area (Å²) in [7, 11) is 0. The lowest BCUT2D eigenvalue weighted by molar-refractivity contribution is 0.240. The molecule has 2 aromatic heterocycles. The van der Waals surface area contributed by atoms with E-state index in [1.165, 1.54) is 154 Å². The quantitative estimate of drug-likeness (QED) is 0.0542. The third-order valence-corrected chi connectivity index (χ3v) is 11.1. The average Bonchev–Trinajstić information content (AvgIpc) is 3.11. The molecule has 3 atom stereocenters. The second kappa shape index (κ2) is 32.0. The van der Waals surface area contributed by atoms with Crippen molar-refractivity contribution in [2.75, 3.05) is 19.8 Å². The lowest BCUT2D eigenvalue weighted by Crippen LogP contribution is -2.09. The minimum absolute atomic E-state index is 0.0552. The summed E-state index contributed by atoms with van der Waals surface area (Å²) < 4.78 is 11.6. The maximum Gasteiger partial charge on any atom is 0.322 e. The molecule has 0 radical (unpaired) electrons. The molecule has 2 heterocycles. The largest absolute Gasteiger partial charge is 0.463 e. The molecule has 0 saturated carbocycles. The van der Waals surface area contributed by atoms with Gasteiger partial charge in [0.2, 0.25) is 10.6 Å². The zero-order chi connectivity index (χ0) is 38.4. The standard InChI is InChI=1S/C41H69Cl4N5O3/c1-3-5-7-15-23-35(27-30-52-40-46-36(42)32-37(43)47-40)25-19-13-9-11-17-22-33(26-29-51)21-16-10-8-12-18-24-34(20-14-6-4-2)28-31-53-41-49-38(44)48-39(45)50-41/h32-35,51H,3-31H2,1-2H3. The second-order valence-corrected chi connectivity index (χ2v) is 16.3. The summed E-state index contributed by atoms with van der Waals surface area (Å²) in [4.78, 5) is 20.1. The zero-order valence-corrected chi connectivity index (χ0v) is 35.9. The van der Waals surface area contributed by atoms with Crippen molar-refractivity contribution in [2.45, 2.75) is 181 Å². The first-order valence-electron chi connectivity index (χ1n) is 21.0. The minimum Gasteiger partial charge on any atom is -0.463 e. The molecule has 304 valence electrons. The highest BCUT2D eigenvalue weighted by Crippen LogP contribution is 2.26. The van der Waals surface area contributed by atoms with Gasteiger partial charge in [0.25, 0.3) is 0 Å². The molecule has 53 heavy (non-hydrogen) atoms. The van der Waals surface area contributed by atoms with Crippen LogP contribution in [0.3, 0.4) is 0 Å². The van der Waals surface area contributed by atoms with Crippen LogP contribution in [-0.4, -0.2) is 49.8 Å². The molecule has 0 aliphatic heterocycles. The number of ether oxygens (including phenoxy) is 2. The monoisotopic (exact) mass is 819 g/mol. The zero-order valence-electron chi connectivity index (χ0n) is 32.8. The third-order valence-electron chi connectivity index (χ3n) is 10.4. The van der Waals surface area contributed by atoms with Crippen LogP contribution in [0.5, 0.6) is 12.0 Å². The number of hydrogen-bond donors (Lipinski definition) is 1. The molecule has 1 N–H and O–H groups in total. The van der Waals surface area contributed by atoms with Gasteiger partial charge in [-0.3, -0.25) is 0 Å². The minimum atomic E-state index is 0.0552. The highest BCUT2D eigenvalue weighted by Gasteiger charge is 2.13. The van der Waals surface area contributed by atoms with Crippen LogP contribution in [0.25, 0.3) is 0 Å². The number of halogens is 4. The van der Waals surface area contributed by atoms with Gasteiger partial charge in [-0.2, -0.15) is 24.9 Å². The van der Waals surface area contributed by atoms with Crippen LogP contribution in [-0.2, 0) is 0 Å². The lowest BCUT2D eigenvalue weighted by atomic mass is 9.90. The van der Waals surface area contributed by atoms with Gasteiger partial charge in [0.05, 0.1) is 13.2 Å². The van der Waals surface area contributed by atoms with Crippen molar-refractivity contribution >= 4 is 46.4 Å². The number of nitrogens with zero attached hydrogens (tertiary/aromatic N) is 5. The fourth-order valence-electron chi connectivity index (χ4n) is 7.26. The highest BCUT2D eigenvalue weighted by atomic mass is 35.5. The average molecular weight is 822 g/mol. The Morgan fingerprint density at radius 3 is 1.21 bits per heavy atom. The Kier molecular flexibility index (Phi) is 28.9. The van der Waals surface area contributed by atoms with Crippen LogP contribution in [0, 0.1) is 17.8 Å². The summed E-state index contributed by atoms with van der Waals surface area (Å²) >= 11 is 23.8. The fourth-order valence-corrected chi connectivity index (χ4v) is 8.01. The second-order valence-electron chi connectivity index (χ2n) is 14.9. The van der Waals surface area contributed by atoms with E-state index < -0.39 is 0 Å². The Morgan fingerprint density at radius 2 is 0.792 bits per heavy atom. The summed E-state index contributed by atoms with van der Waals surface area (Å²) in [6.07, 6.45) is 32.2. The van der Waals surface area contributed by atoms with E-state index in [4.69, 9.17) is 55.9 Å². The summed E-state index contributed by atoms with van der Waals surface area (Å²) in [6.45, 7) is 5.98. The molecule has 0 spiro atoms. The van der Waals surface area contributed by atoms with E-state index in [1.54, 1.807) is 0 Å². The summed E-state index contributed by atoms with van der Waals surface area (Å²) in [5.74, 6) is 1.97. The van der Waals surface area contributed by atoms with E-state index in [0.29, 0.717) is 47.9 Å². The molecule has 0 aromatic carbocycles. The first-order chi connectivity index (χ1) is 25.8. The Labute approximate surface area is 341 Å². The number of unbranched alkanes of at least 4 members (excludes halogenated alkanes) is 13. The van der Waals surface area contributed by atoms with Crippen molar-refractivity contribution in [3.8, 4) is 12.0 Å². The molecule has 0 bridgehead atoms. The molecule has 2 rings (SSSR count). The van der Waals surface area contributed by atoms with Gasteiger partial charge in [0, 0.05) is 12.7 Å². The van der Waals surface area contributed by atoms with E-state index in [2.05, 4.69) is 38.8 Å². The first-order valence-corrected chi connectivity index (χ1v) is 22.5. The van der Waals surface area contributed by atoms with Crippen molar-refractivity contribution < 1.29 is 14.6 Å². The summed E-state index contributed by atoms with van der Waals surface area (Å²) in [6, 6.07) is 1.98. The van der Waals surface area contributed by atoms with E-state index in [9.17, 15) is 5.11 Å². The molecule has 8 nitrogen and oxygen atoms in total. The third kappa shape index (κ3) is 25.6. The fraction of sp³-hybridized carbons (Fsp3) is 0.829. The molecule has 0 aliphatic carbocycles. The number of aliphatic hydroxyl groups is 1. The van der Waals surface area contributed by atoms with E-state index >= 15 is 0 Å². The summed E-state index contributed by atoms with van der Waals surface area (Å²) in [5, 5.41) is 10.4. The Balaban J connectivity index is 1.57. The number of hydrogen-bond acceptors (Lipinski definition) is 8. The van der Waals surface area contributed by atoms with Crippen molar-refractivity contribution in [1.29, 1.82) is 0 Å². The molecule has 0 amide bonds. The SMILES string of the molecule is CCCCCCC(CCCCCCCC(CCO)CCCCCCCC(CCCCC)CCOc1nc(Cl)nc(Cl)n1)CCOc1nc(Cl)cc(Cl)n1. The predicted molar refractivity (Wildman–Crippen MR) is 222 cm³/mol. The first kappa shape index (κ1) is 48.0.